The molecule has 5 nitrogen and oxygen atoms in total. The standard InChI is InChI=1S/C15H15NO4/c1-3-20-12-6-11(8-16-9-12)13-7-10(15(17)18)4-5-14(13)19-2/h4-9H,3H2,1-2H3,(H,17,18). The number of rotatable bonds is 5. The van der Waals surface area contributed by atoms with Gasteiger partial charge in [0.15, 0.2) is 0 Å². The Balaban J connectivity index is 2.51. The first-order valence-electron chi connectivity index (χ1n) is 6.15. The fourth-order valence-corrected chi connectivity index (χ4v) is 1.88. The summed E-state index contributed by atoms with van der Waals surface area (Å²) in [6, 6.07) is 6.50. The molecule has 0 radical (unpaired) electrons. The van der Waals surface area contributed by atoms with E-state index in [4.69, 9.17) is 14.6 Å². The summed E-state index contributed by atoms with van der Waals surface area (Å²) in [5.74, 6) is 0.237. The average Bonchev–Trinajstić information content (AvgIpc) is 2.47. The van der Waals surface area contributed by atoms with Gasteiger partial charge in [0.1, 0.15) is 11.5 Å². The van der Waals surface area contributed by atoms with Crippen LogP contribution in [0.15, 0.2) is 36.7 Å². The Hall–Kier alpha value is -2.56. The van der Waals surface area contributed by atoms with Crippen molar-refractivity contribution in [2.24, 2.45) is 0 Å². The molecule has 1 aromatic carbocycles. The quantitative estimate of drug-likeness (QED) is 0.907. The van der Waals surface area contributed by atoms with Crippen LogP contribution in [0.5, 0.6) is 11.5 Å². The normalized spacial score (nSPS) is 10.1. The van der Waals surface area contributed by atoms with Crippen molar-refractivity contribution in [1.29, 1.82) is 0 Å². The highest BCUT2D eigenvalue weighted by atomic mass is 16.5. The van der Waals surface area contributed by atoms with E-state index in [1.807, 2.05) is 6.92 Å². The highest BCUT2D eigenvalue weighted by Gasteiger charge is 2.11. The molecule has 0 aliphatic carbocycles. The van der Waals surface area contributed by atoms with Crippen LogP contribution in [-0.4, -0.2) is 29.8 Å². The molecule has 0 saturated carbocycles. The molecule has 20 heavy (non-hydrogen) atoms. The molecule has 104 valence electrons. The summed E-state index contributed by atoms with van der Waals surface area (Å²) < 4.78 is 10.7. The van der Waals surface area contributed by atoms with E-state index in [-0.39, 0.29) is 5.56 Å². The lowest BCUT2D eigenvalue weighted by atomic mass is 10.0. The number of aromatic carboxylic acids is 1. The molecule has 0 bridgehead atoms. The van der Waals surface area contributed by atoms with Gasteiger partial charge in [0, 0.05) is 17.3 Å². The van der Waals surface area contributed by atoms with Gasteiger partial charge < -0.3 is 14.6 Å². The Morgan fingerprint density at radius 3 is 2.75 bits per heavy atom. The van der Waals surface area contributed by atoms with Gasteiger partial charge in [-0.05, 0) is 31.2 Å². The average molecular weight is 273 g/mol. The van der Waals surface area contributed by atoms with Crippen molar-refractivity contribution >= 4 is 5.97 Å². The van der Waals surface area contributed by atoms with Gasteiger partial charge in [-0.1, -0.05) is 0 Å². The largest absolute Gasteiger partial charge is 0.496 e. The third-order valence-corrected chi connectivity index (χ3v) is 2.78. The van der Waals surface area contributed by atoms with E-state index in [2.05, 4.69) is 4.98 Å². The lowest BCUT2D eigenvalue weighted by Crippen LogP contribution is -1.98. The summed E-state index contributed by atoms with van der Waals surface area (Å²) in [6.45, 7) is 2.43. The summed E-state index contributed by atoms with van der Waals surface area (Å²) in [5, 5.41) is 9.08. The third kappa shape index (κ3) is 2.88. The minimum Gasteiger partial charge on any atom is -0.496 e. The third-order valence-electron chi connectivity index (χ3n) is 2.78. The van der Waals surface area contributed by atoms with Gasteiger partial charge in [-0.25, -0.2) is 4.79 Å². The molecule has 0 amide bonds. The Labute approximate surface area is 116 Å². The topological polar surface area (TPSA) is 68.7 Å². The first-order chi connectivity index (χ1) is 9.65. The minimum absolute atomic E-state index is 0.197. The molecule has 0 aliphatic rings. The summed E-state index contributed by atoms with van der Waals surface area (Å²) in [4.78, 5) is 15.2. The molecule has 1 aromatic heterocycles. The van der Waals surface area contributed by atoms with Crippen molar-refractivity contribution in [1.82, 2.24) is 4.98 Å². The highest BCUT2D eigenvalue weighted by Crippen LogP contribution is 2.32. The van der Waals surface area contributed by atoms with Crippen LogP contribution < -0.4 is 9.47 Å². The number of hydrogen-bond donors (Lipinski definition) is 1. The smallest absolute Gasteiger partial charge is 0.335 e. The number of hydrogen-bond acceptors (Lipinski definition) is 4. The number of pyridine rings is 1. The molecular weight excluding hydrogens is 258 g/mol. The van der Waals surface area contributed by atoms with Crippen LogP contribution in [-0.2, 0) is 0 Å². The van der Waals surface area contributed by atoms with E-state index >= 15 is 0 Å². The predicted octanol–water partition coefficient (Wildman–Crippen LogP) is 2.85. The Morgan fingerprint density at radius 2 is 2.10 bits per heavy atom. The second-order valence-electron chi connectivity index (χ2n) is 4.06. The lowest BCUT2D eigenvalue weighted by Gasteiger charge is -2.10. The number of aromatic nitrogens is 1. The molecule has 0 aliphatic heterocycles. The van der Waals surface area contributed by atoms with E-state index in [0.29, 0.717) is 23.7 Å². The van der Waals surface area contributed by atoms with E-state index in [1.165, 1.54) is 6.07 Å². The first-order valence-corrected chi connectivity index (χ1v) is 6.15. The zero-order valence-corrected chi connectivity index (χ0v) is 11.3. The summed E-state index contributed by atoms with van der Waals surface area (Å²) in [6.07, 6.45) is 3.26. The molecule has 0 spiro atoms. The van der Waals surface area contributed by atoms with E-state index in [0.717, 1.165) is 5.56 Å². The van der Waals surface area contributed by atoms with Crippen molar-refractivity contribution in [3.05, 3.63) is 42.2 Å². The predicted molar refractivity (Wildman–Crippen MR) is 74.4 cm³/mol. The summed E-state index contributed by atoms with van der Waals surface area (Å²) >= 11 is 0. The number of carboxylic acid groups (broad SMARTS) is 1. The zero-order chi connectivity index (χ0) is 14.5. The van der Waals surface area contributed by atoms with Crippen LogP contribution in [0.2, 0.25) is 0 Å². The maximum absolute atomic E-state index is 11.1. The maximum atomic E-state index is 11.1. The van der Waals surface area contributed by atoms with Crippen LogP contribution in [0.4, 0.5) is 0 Å². The molecule has 1 heterocycles. The Kier molecular flexibility index (Phi) is 4.20. The molecular formula is C15H15NO4. The SMILES string of the molecule is CCOc1cncc(-c2cc(C(=O)O)ccc2OC)c1. The molecule has 2 rings (SSSR count). The number of methoxy groups -OCH3 is 1. The van der Waals surface area contributed by atoms with Crippen LogP contribution in [0.1, 0.15) is 17.3 Å². The Bertz CT molecular complexity index is 625. The monoisotopic (exact) mass is 273 g/mol. The first kappa shape index (κ1) is 13.9. The second-order valence-corrected chi connectivity index (χ2v) is 4.06. The van der Waals surface area contributed by atoms with Crippen LogP contribution in [0.3, 0.4) is 0 Å². The van der Waals surface area contributed by atoms with Crippen molar-refractivity contribution in [2.45, 2.75) is 6.92 Å². The van der Waals surface area contributed by atoms with Gasteiger partial charge in [0.2, 0.25) is 0 Å². The molecule has 0 atom stereocenters. The van der Waals surface area contributed by atoms with Crippen molar-refractivity contribution in [2.75, 3.05) is 13.7 Å². The zero-order valence-electron chi connectivity index (χ0n) is 11.3. The van der Waals surface area contributed by atoms with Crippen LogP contribution in [0.25, 0.3) is 11.1 Å². The van der Waals surface area contributed by atoms with Gasteiger partial charge in [-0.3, -0.25) is 4.98 Å². The van der Waals surface area contributed by atoms with Crippen molar-refractivity contribution < 1.29 is 19.4 Å². The van der Waals surface area contributed by atoms with Gasteiger partial charge in [-0.15, -0.1) is 0 Å². The highest BCUT2D eigenvalue weighted by molar-refractivity contribution is 5.90. The maximum Gasteiger partial charge on any atom is 0.335 e. The minimum atomic E-state index is -0.983. The van der Waals surface area contributed by atoms with Crippen LogP contribution >= 0.6 is 0 Å². The number of carbonyl (C=O) groups is 1. The molecule has 2 aromatic rings. The van der Waals surface area contributed by atoms with Gasteiger partial charge in [-0.2, -0.15) is 0 Å². The fraction of sp³-hybridized carbons (Fsp3) is 0.200. The molecule has 1 N–H and O–H groups in total. The molecule has 0 fully saturated rings. The van der Waals surface area contributed by atoms with E-state index in [1.54, 1.807) is 37.7 Å². The van der Waals surface area contributed by atoms with Gasteiger partial charge in [0.05, 0.1) is 25.5 Å². The van der Waals surface area contributed by atoms with Gasteiger partial charge >= 0.3 is 5.97 Å². The molecule has 0 unspecified atom stereocenters. The van der Waals surface area contributed by atoms with Crippen LogP contribution in [0, 0.1) is 0 Å². The van der Waals surface area contributed by atoms with E-state index < -0.39 is 5.97 Å². The summed E-state index contributed by atoms with van der Waals surface area (Å²) in [7, 11) is 1.54. The van der Waals surface area contributed by atoms with E-state index in [9.17, 15) is 4.79 Å². The van der Waals surface area contributed by atoms with Crippen molar-refractivity contribution in [3.63, 3.8) is 0 Å². The lowest BCUT2D eigenvalue weighted by molar-refractivity contribution is 0.0697. The number of benzene rings is 1. The number of nitrogens with zero attached hydrogens (tertiary/aromatic N) is 1. The Morgan fingerprint density at radius 1 is 1.30 bits per heavy atom. The second kappa shape index (κ2) is 6.06. The fourth-order valence-electron chi connectivity index (χ4n) is 1.88. The van der Waals surface area contributed by atoms with Crippen molar-refractivity contribution in [3.8, 4) is 22.6 Å². The summed E-state index contributed by atoms with van der Waals surface area (Å²) in [5.41, 5.74) is 1.61. The number of ether oxygens (including phenoxy) is 2. The number of carboxylic acids is 1. The molecule has 5 heteroatoms. The van der Waals surface area contributed by atoms with Gasteiger partial charge in [0.25, 0.3) is 0 Å². The molecule has 0 saturated heterocycles.